The van der Waals surface area contributed by atoms with Crippen molar-refractivity contribution >= 4 is 24.0 Å². The minimum Gasteiger partial charge on any atom is -0.369 e. The van der Waals surface area contributed by atoms with Crippen molar-refractivity contribution in [1.29, 1.82) is 0 Å². The minimum atomic E-state index is -0.208. The summed E-state index contributed by atoms with van der Waals surface area (Å²) in [5, 5.41) is 2.97. The van der Waals surface area contributed by atoms with E-state index in [2.05, 4.69) is 15.1 Å². The molecule has 1 aliphatic heterocycles. The van der Waals surface area contributed by atoms with Gasteiger partial charge in [-0.2, -0.15) is 0 Å². The molecule has 1 saturated heterocycles. The summed E-state index contributed by atoms with van der Waals surface area (Å²) >= 11 is 0. The third-order valence-electron chi connectivity index (χ3n) is 4.73. The maximum atomic E-state index is 13.0. The molecule has 27 heavy (non-hydrogen) atoms. The number of carbonyl (C=O) groups excluding carboxylic acids is 1. The van der Waals surface area contributed by atoms with E-state index in [1.54, 1.807) is 12.1 Å². The van der Waals surface area contributed by atoms with Gasteiger partial charge in [-0.3, -0.25) is 9.69 Å². The van der Waals surface area contributed by atoms with Gasteiger partial charge in [0.15, 0.2) is 0 Å². The van der Waals surface area contributed by atoms with E-state index in [1.807, 2.05) is 24.3 Å². The second-order valence-corrected chi connectivity index (χ2v) is 6.46. The van der Waals surface area contributed by atoms with Crippen LogP contribution < -0.4 is 16.0 Å². The van der Waals surface area contributed by atoms with Crippen LogP contribution in [0.25, 0.3) is 0 Å². The second-order valence-electron chi connectivity index (χ2n) is 6.46. The Morgan fingerprint density at radius 3 is 2.22 bits per heavy atom. The predicted molar refractivity (Wildman–Crippen MR) is 109 cm³/mol. The van der Waals surface area contributed by atoms with E-state index in [0.717, 1.165) is 44.0 Å². The Bertz CT molecular complexity index is 716. The summed E-state index contributed by atoms with van der Waals surface area (Å²) in [6.45, 7) is 5.58. The standard InChI is InChI=1S/C20H25FN4O.ClH/c21-18-5-7-19(8-6-18)25-13-11-24(12-14-25)10-9-23-20(26)17-3-1-16(15-22)2-4-17;/h1-8H,9-15,22H2,(H,23,26);1H. The highest BCUT2D eigenvalue weighted by atomic mass is 35.5. The zero-order valence-corrected chi connectivity index (χ0v) is 16.1. The molecule has 5 nitrogen and oxygen atoms in total. The van der Waals surface area contributed by atoms with E-state index >= 15 is 0 Å². The summed E-state index contributed by atoms with van der Waals surface area (Å²) in [4.78, 5) is 16.7. The molecule has 7 heteroatoms. The first kappa shape index (κ1) is 21.2. The van der Waals surface area contributed by atoms with Gasteiger partial charge in [0.2, 0.25) is 0 Å². The SMILES string of the molecule is Cl.NCc1ccc(C(=O)NCCN2CCN(c3ccc(F)cc3)CC2)cc1. The summed E-state index contributed by atoms with van der Waals surface area (Å²) < 4.78 is 13.0. The molecule has 1 aliphatic rings. The smallest absolute Gasteiger partial charge is 0.251 e. The summed E-state index contributed by atoms with van der Waals surface area (Å²) in [5.41, 5.74) is 8.29. The molecule has 1 heterocycles. The molecule has 0 spiro atoms. The fourth-order valence-electron chi connectivity index (χ4n) is 3.10. The number of hydrogen-bond donors (Lipinski definition) is 2. The molecule has 0 atom stereocenters. The lowest BCUT2D eigenvalue weighted by Crippen LogP contribution is -2.48. The molecule has 2 aromatic carbocycles. The van der Waals surface area contributed by atoms with Crippen molar-refractivity contribution in [3.8, 4) is 0 Å². The molecule has 3 rings (SSSR count). The van der Waals surface area contributed by atoms with Crippen LogP contribution in [0.3, 0.4) is 0 Å². The highest BCUT2D eigenvalue weighted by Gasteiger charge is 2.17. The number of piperazine rings is 1. The largest absolute Gasteiger partial charge is 0.369 e. The van der Waals surface area contributed by atoms with E-state index in [1.165, 1.54) is 12.1 Å². The van der Waals surface area contributed by atoms with E-state index in [4.69, 9.17) is 5.73 Å². The first-order chi connectivity index (χ1) is 12.7. The highest BCUT2D eigenvalue weighted by molar-refractivity contribution is 5.94. The number of nitrogens with two attached hydrogens (primary N) is 1. The summed E-state index contributed by atoms with van der Waals surface area (Å²) in [6, 6.07) is 14.0. The molecule has 0 aromatic heterocycles. The van der Waals surface area contributed by atoms with Crippen LogP contribution in [-0.2, 0) is 6.54 Å². The van der Waals surface area contributed by atoms with Crippen molar-refractivity contribution in [2.45, 2.75) is 6.54 Å². The van der Waals surface area contributed by atoms with Crippen LogP contribution in [0, 0.1) is 5.82 Å². The molecule has 1 amide bonds. The average Bonchev–Trinajstić information content (AvgIpc) is 2.69. The van der Waals surface area contributed by atoms with Crippen LogP contribution in [0.5, 0.6) is 0 Å². The van der Waals surface area contributed by atoms with Crippen molar-refractivity contribution in [1.82, 2.24) is 10.2 Å². The lowest BCUT2D eigenvalue weighted by atomic mass is 10.1. The molecule has 0 radical (unpaired) electrons. The number of hydrogen-bond acceptors (Lipinski definition) is 4. The summed E-state index contributed by atoms with van der Waals surface area (Å²) in [6.07, 6.45) is 0. The van der Waals surface area contributed by atoms with Crippen molar-refractivity contribution in [2.75, 3.05) is 44.2 Å². The Balaban J connectivity index is 0.00000261. The van der Waals surface area contributed by atoms with Crippen molar-refractivity contribution in [3.05, 3.63) is 65.5 Å². The van der Waals surface area contributed by atoms with Crippen LogP contribution >= 0.6 is 12.4 Å². The number of benzene rings is 2. The van der Waals surface area contributed by atoms with Gasteiger partial charge < -0.3 is 16.0 Å². The van der Waals surface area contributed by atoms with Gasteiger partial charge in [0.1, 0.15) is 5.82 Å². The van der Waals surface area contributed by atoms with Gasteiger partial charge in [-0.25, -0.2) is 4.39 Å². The van der Waals surface area contributed by atoms with Gasteiger partial charge in [0, 0.05) is 57.1 Å². The van der Waals surface area contributed by atoms with Crippen LogP contribution in [0.4, 0.5) is 10.1 Å². The zero-order valence-electron chi connectivity index (χ0n) is 15.2. The number of nitrogens with one attached hydrogen (secondary N) is 1. The lowest BCUT2D eigenvalue weighted by Gasteiger charge is -2.36. The Morgan fingerprint density at radius 2 is 1.63 bits per heavy atom. The van der Waals surface area contributed by atoms with E-state index in [9.17, 15) is 9.18 Å². The summed E-state index contributed by atoms with van der Waals surface area (Å²) in [5.74, 6) is -0.265. The maximum absolute atomic E-state index is 13.0. The molecular formula is C20H26ClFN4O. The van der Waals surface area contributed by atoms with Crippen LogP contribution in [-0.4, -0.2) is 50.1 Å². The molecule has 0 bridgehead atoms. The van der Waals surface area contributed by atoms with Gasteiger partial charge in [0.25, 0.3) is 5.91 Å². The molecule has 2 aromatic rings. The molecular weight excluding hydrogens is 367 g/mol. The lowest BCUT2D eigenvalue weighted by molar-refractivity contribution is 0.0948. The number of anilines is 1. The monoisotopic (exact) mass is 392 g/mol. The first-order valence-corrected chi connectivity index (χ1v) is 8.96. The average molecular weight is 393 g/mol. The number of amides is 1. The third-order valence-corrected chi connectivity index (χ3v) is 4.73. The fraction of sp³-hybridized carbons (Fsp3) is 0.350. The fourth-order valence-corrected chi connectivity index (χ4v) is 3.10. The third kappa shape index (κ3) is 5.92. The van der Waals surface area contributed by atoms with Gasteiger partial charge in [-0.1, -0.05) is 12.1 Å². The van der Waals surface area contributed by atoms with E-state index in [0.29, 0.717) is 18.7 Å². The Morgan fingerprint density at radius 1 is 1.00 bits per heavy atom. The molecule has 0 unspecified atom stereocenters. The van der Waals surface area contributed by atoms with Crippen LogP contribution in [0.15, 0.2) is 48.5 Å². The second kappa shape index (κ2) is 10.3. The number of halogens is 2. The first-order valence-electron chi connectivity index (χ1n) is 8.96. The topological polar surface area (TPSA) is 61.6 Å². The molecule has 0 saturated carbocycles. The Labute approximate surface area is 165 Å². The zero-order chi connectivity index (χ0) is 18.4. The minimum absolute atomic E-state index is 0. The van der Waals surface area contributed by atoms with Crippen molar-refractivity contribution < 1.29 is 9.18 Å². The van der Waals surface area contributed by atoms with Gasteiger partial charge in [-0.15, -0.1) is 12.4 Å². The van der Waals surface area contributed by atoms with Crippen LogP contribution in [0.1, 0.15) is 15.9 Å². The van der Waals surface area contributed by atoms with Gasteiger partial charge in [-0.05, 0) is 42.0 Å². The van der Waals surface area contributed by atoms with Gasteiger partial charge in [0.05, 0.1) is 0 Å². The molecule has 1 fully saturated rings. The number of nitrogens with zero attached hydrogens (tertiary/aromatic N) is 2. The highest BCUT2D eigenvalue weighted by Crippen LogP contribution is 2.16. The summed E-state index contributed by atoms with van der Waals surface area (Å²) in [7, 11) is 0. The molecule has 0 aliphatic carbocycles. The van der Waals surface area contributed by atoms with Crippen LogP contribution in [0.2, 0.25) is 0 Å². The number of rotatable bonds is 6. The Hall–Kier alpha value is -2.15. The van der Waals surface area contributed by atoms with Crippen molar-refractivity contribution in [3.63, 3.8) is 0 Å². The number of carbonyl (C=O) groups is 1. The maximum Gasteiger partial charge on any atom is 0.251 e. The quantitative estimate of drug-likeness (QED) is 0.791. The molecule has 146 valence electrons. The normalized spacial score (nSPS) is 14.5. The van der Waals surface area contributed by atoms with E-state index < -0.39 is 0 Å². The van der Waals surface area contributed by atoms with Crippen molar-refractivity contribution in [2.24, 2.45) is 5.73 Å². The van der Waals surface area contributed by atoms with E-state index in [-0.39, 0.29) is 24.1 Å². The molecule has 3 N–H and O–H groups in total. The van der Waals surface area contributed by atoms with Gasteiger partial charge >= 0.3 is 0 Å². The Kier molecular flexibility index (Phi) is 8.03. The predicted octanol–water partition coefficient (Wildman–Crippen LogP) is 2.26.